The van der Waals surface area contributed by atoms with E-state index >= 15 is 0 Å². The van der Waals surface area contributed by atoms with E-state index in [1.807, 2.05) is 13.8 Å². The molecule has 1 aromatic carbocycles. The van der Waals surface area contributed by atoms with Crippen molar-refractivity contribution in [2.75, 3.05) is 19.8 Å². The molecule has 0 saturated heterocycles. The number of hydrogen-bond donors (Lipinski definition) is 0. The van der Waals surface area contributed by atoms with Crippen molar-refractivity contribution in [3.8, 4) is 11.6 Å². The van der Waals surface area contributed by atoms with Gasteiger partial charge < -0.3 is 14.2 Å². The summed E-state index contributed by atoms with van der Waals surface area (Å²) in [6, 6.07) is 6.65. The van der Waals surface area contributed by atoms with Gasteiger partial charge in [0.1, 0.15) is 18.0 Å². The highest BCUT2D eigenvalue weighted by molar-refractivity contribution is 5.97. The number of ketones is 1. The number of alkyl halides is 1. The minimum atomic E-state index is -0.925. The van der Waals surface area contributed by atoms with Crippen molar-refractivity contribution < 1.29 is 28.2 Å². The molecule has 0 fully saturated rings. The maximum atomic E-state index is 12.8. The highest BCUT2D eigenvalue weighted by Gasteiger charge is 2.19. The third-order valence-electron chi connectivity index (χ3n) is 3.52. The van der Waals surface area contributed by atoms with Gasteiger partial charge in [0.05, 0.1) is 13.2 Å². The van der Waals surface area contributed by atoms with Crippen LogP contribution in [0.4, 0.5) is 4.39 Å². The second-order valence-corrected chi connectivity index (χ2v) is 6.30. The van der Waals surface area contributed by atoms with Crippen LogP contribution in [0.15, 0.2) is 30.5 Å². The molecule has 150 valence electrons. The molecule has 28 heavy (non-hydrogen) atoms. The molecule has 0 saturated carbocycles. The Balaban J connectivity index is 2.06. The van der Waals surface area contributed by atoms with E-state index in [9.17, 15) is 14.0 Å². The Bertz CT molecular complexity index is 809. The molecule has 0 aliphatic carbocycles. The van der Waals surface area contributed by atoms with Crippen LogP contribution >= 0.6 is 0 Å². The number of hydrogen-bond acceptors (Lipinski definition) is 7. The van der Waals surface area contributed by atoms with Crippen LogP contribution in [0.5, 0.6) is 11.6 Å². The van der Waals surface area contributed by atoms with E-state index in [0.29, 0.717) is 23.8 Å². The van der Waals surface area contributed by atoms with Crippen LogP contribution in [-0.4, -0.2) is 41.5 Å². The molecule has 0 N–H and O–H groups in total. The topological polar surface area (TPSA) is 87.6 Å². The summed E-state index contributed by atoms with van der Waals surface area (Å²) < 4.78 is 28.7. The van der Waals surface area contributed by atoms with Gasteiger partial charge in [-0.05, 0) is 37.1 Å². The molecule has 0 amide bonds. The van der Waals surface area contributed by atoms with Crippen LogP contribution < -0.4 is 9.47 Å². The van der Waals surface area contributed by atoms with Crippen LogP contribution in [0, 0.1) is 5.92 Å². The van der Waals surface area contributed by atoms with E-state index in [2.05, 4.69) is 9.97 Å². The molecule has 2 rings (SSSR count). The highest BCUT2D eigenvalue weighted by atomic mass is 19.1. The van der Waals surface area contributed by atoms with Crippen molar-refractivity contribution in [3.05, 3.63) is 47.4 Å². The lowest BCUT2D eigenvalue weighted by molar-refractivity contribution is 0.0518. The Hall–Kier alpha value is -3.03. The van der Waals surface area contributed by atoms with E-state index in [-0.39, 0.29) is 36.3 Å². The van der Waals surface area contributed by atoms with Gasteiger partial charge in [0.2, 0.25) is 5.88 Å². The standard InChI is InChI=1S/C20H23FN2O5/c1-4-26-20(25)16-10-22-18(9-21)23-19(16)28-12-17(24)14-5-7-15(8-6-14)27-11-13(2)3/h5-8,10,13H,4,9,11-12H2,1-3H3. The number of halogens is 1. The number of carbonyl (C=O) groups is 2. The molecule has 0 unspecified atom stereocenters. The Morgan fingerprint density at radius 3 is 2.46 bits per heavy atom. The number of ether oxygens (including phenoxy) is 3. The number of Topliss-reactive ketones (excluding diaryl/α,β-unsaturated/α-hetero) is 1. The molecule has 0 aliphatic heterocycles. The monoisotopic (exact) mass is 390 g/mol. The van der Waals surface area contributed by atoms with Gasteiger partial charge in [-0.1, -0.05) is 13.8 Å². The molecule has 2 aromatic rings. The van der Waals surface area contributed by atoms with E-state index < -0.39 is 12.6 Å². The smallest absolute Gasteiger partial charge is 0.345 e. The summed E-state index contributed by atoms with van der Waals surface area (Å²) >= 11 is 0. The zero-order valence-corrected chi connectivity index (χ0v) is 16.1. The molecular formula is C20H23FN2O5. The number of benzene rings is 1. The first kappa shape index (κ1) is 21.3. The third kappa shape index (κ3) is 6.00. The quantitative estimate of drug-likeness (QED) is 0.454. The van der Waals surface area contributed by atoms with Gasteiger partial charge in [0.15, 0.2) is 18.2 Å². The maximum absolute atomic E-state index is 12.8. The minimum absolute atomic E-state index is 0.0655. The summed E-state index contributed by atoms with van der Waals surface area (Å²) in [5, 5.41) is 0. The average molecular weight is 390 g/mol. The third-order valence-corrected chi connectivity index (χ3v) is 3.52. The van der Waals surface area contributed by atoms with Gasteiger partial charge in [-0.25, -0.2) is 14.2 Å². The highest BCUT2D eigenvalue weighted by Crippen LogP contribution is 2.18. The maximum Gasteiger partial charge on any atom is 0.345 e. The number of nitrogens with zero attached hydrogens (tertiary/aromatic N) is 2. The summed E-state index contributed by atoms with van der Waals surface area (Å²) in [6.07, 6.45) is 1.13. The summed E-state index contributed by atoms with van der Waals surface area (Å²) in [6.45, 7) is 5.16. The van der Waals surface area contributed by atoms with Gasteiger partial charge in [-0.3, -0.25) is 4.79 Å². The van der Waals surface area contributed by atoms with Gasteiger partial charge in [0.25, 0.3) is 0 Å². The Morgan fingerprint density at radius 2 is 1.86 bits per heavy atom. The van der Waals surface area contributed by atoms with Gasteiger partial charge in [-0.2, -0.15) is 4.98 Å². The number of aromatic nitrogens is 2. The van der Waals surface area contributed by atoms with E-state index in [0.717, 1.165) is 6.20 Å². The average Bonchev–Trinajstić information content (AvgIpc) is 2.70. The molecule has 1 heterocycles. The lowest BCUT2D eigenvalue weighted by Gasteiger charge is -2.11. The van der Waals surface area contributed by atoms with Crippen LogP contribution in [0.25, 0.3) is 0 Å². The second kappa shape index (κ2) is 10.3. The normalized spacial score (nSPS) is 10.6. The predicted molar refractivity (Wildman–Crippen MR) is 99.4 cm³/mol. The van der Waals surface area contributed by atoms with Gasteiger partial charge in [0, 0.05) is 11.8 Å². The molecule has 0 bridgehead atoms. The van der Waals surface area contributed by atoms with Gasteiger partial charge in [-0.15, -0.1) is 0 Å². The molecule has 1 aromatic heterocycles. The summed E-state index contributed by atoms with van der Waals surface area (Å²) in [5.74, 6) is -0.314. The van der Waals surface area contributed by atoms with Crippen LogP contribution in [0.3, 0.4) is 0 Å². The summed E-state index contributed by atoms with van der Waals surface area (Å²) in [4.78, 5) is 31.9. The van der Waals surface area contributed by atoms with Crippen molar-refractivity contribution in [2.24, 2.45) is 5.92 Å². The zero-order valence-electron chi connectivity index (χ0n) is 16.1. The van der Waals surface area contributed by atoms with Crippen molar-refractivity contribution in [1.82, 2.24) is 9.97 Å². The first-order valence-corrected chi connectivity index (χ1v) is 8.92. The van der Waals surface area contributed by atoms with E-state index in [1.165, 1.54) is 0 Å². The molecule has 7 nitrogen and oxygen atoms in total. The molecule has 0 radical (unpaired) electrons. The first-order valence-electron chi connectivity index (χ1n) is 8.92. The molecule has 0 aliphatic rings. The first-order chi connectivity index (χ1) is 13.4. The van der Waals surface area contributed by atoms with Crippen molar-refractivity contribution >= 4 is 11.8 Å². The number of carbonyl (C=O) groups excluding carboxylic acids is 2. The van der Waals surface area contributed by atoms with Crippen molar-refractivity contribution in [3.63, 3.8) is 0 Å². The van der Waals surface area contributed by atoms with Crippen LogP contribution in [0.2, 0.25) is 0 Å². The van der Waals surface area contributed by atoms with Crippen molar-refractivity contribution in [1.29, 1.82) is 0 Å². The Labute approximate surface area is 162 Å². The Kier molecular flexibility index (Phi) is 7.86. The fraction of sp³-hybridized carbons (Fsp3) is 0.400. The summed E-state index contributed by atoms with van der Waals surface area (Å²) in [7, 11) is 0. The second-order valence-electron chi connectivity index (χ2n) is 6.30. The van der Waals surface area contributed by atoms with Crippen molar-refractivity contribution in [2.45, 2.75) is 27.4 Å². The number of rotatable bonds is 10. The van der Waals surface area contributed by atoms with E-state index in [4.69, 9.17) is 14.2 Å². The van der Waals surface area contributed by atoms with E-state index in [1.54, 1.807) is 31.2 Å². The molecule has 0 spiro atoms. The van der Waals surface area contributed by atoms with Crippen LogP contribution in [0.1, 0.15) is 47.3 Å². The number of esters is 1. The molecular weight excluding hydrogens is 367 g/mol. The zero-order chi connectivity index (χ0) is 20.5. The largest absolute Gasteiger partial charge is 0.493 e. The Morgan fingerprint density at radius 1 is 1.14 bits per heavy atom. The van der Waals surface area contributed by atoms with Gasteiger partial charge >= 0.3 is 5.97 Å². The SMILES string of the molecule is CCOC(=O)c1cnc(CF)nc1OCC(=O)c1ccc(OCC(C)C)cc1. The minimum Gasteiger partial charge on any atom is -0.493 e. The summed E-state index contributed by atoms with van der Waals surface area (Å²) in [5.41, 5.74) is 0.346. The predicted octanol–water partition coefficient (Wildman–Crippen LogP) is 3.42. The molecule has 8 heteroatoms. The molecule has 0 atom stereocenters. The fourth-order valence-corrected chi connectivity index (χ4v) is 2.14. The lowest BCUT2D eigenvalue weighted by atomic mass is 10.1. The van der Waals surface area contributed by atoms with Crippen LogP contribution in [-0.2, 0) is 11.4 Å². The fourth-order valence-electron chi connectivity index (χ4n) is 2.14. The lowest BCUT2D eigenvalue weighted by Crippen LogP contribution is -2.16.